The number of aldehydes is 1. The maximum absolute atomic E-state index is 12.3. The van der Waals surface area contributed by atoms with Gasteiger partial charge in [0.05, 0.1) is 54.0 Å². The van der Waals surface area contributed by atoms with Crippen molar-refractivity contribution in [3.05, 3.63) is 240 Å². The van der Waals surface area contributed by atoms with Crippen LogP contribution in [0.4, 0.5) is 11.6 Å². The van der Waals surface area contributed by atoms with Crippen LogP contribution in [0.5, 0.6) is 0 Å². The summed E-state index contributed by atoms with van der Waals surface area (Å²) in [7, 11) is -1.53. The molecule has 4 heterocycles. The van der Waals surface area contributed by atoms with Crippen molar-refractivity contribution < 1.29 is 31.4 Å². The number of hydrogen-bond donors (Lipinski definition) is 2. The Morgan fingerprint density at radius 2 is 0.901 bits per heavy atom. The fraction of sp³-hybridized carbons (Fsp3) is 0.0862. The molecule has 0 fully saturated rings. The van der Waals surface area contributed by atoms with Crippen LogP contribution in [0.25, 0.3) is 28.6 Å². The third-order valence-corrected chi connectivity index (χ3v) is 15.5. The maximum atomic E-state index is 12.3. The van der Waals surface area contributed by atoms with Crippen LogP contribution in [0.15, 0.2) is 196 Å². The van der Waals surface area contributed by atoms with Crippen molar-refractivity contribution in [2.24, 2.45) is 0 Å². The van der Waals surface area contributed by atoms with E-state index < -0.39 is 7.26 Å². The number of benzene rings is 5. The fourth-order valence-electron chi connectivity index (χ4n) is 7.52. The first-order valence-electron chi connectivity index (χ1n) is 22.4. The van der Waals surface area contributed by atoms with E-state index in [1.165, 1.54) is 40.7 Å². The van der Waals surface area contributed by atoms with Gasteiger partial charge in [-0.05, 0) is 105 Å². The predicted octanol–water partition coefficient (Wildman–Crippen LogP) is 7.89. The maximum Gasteiger partial charge on any atom is 0.258 e. The summed E-state index contributed by atoms with van der Waals surface area (Å²) in [5.74, 6) is 0.175. The summed E-state index contributed by atoms with van der Waals surface area (Å²) in [6.07, 6.45) is 15.1. The molecule has 0 aliphatic heterocycles. The van der Waals surface area contributed by atoms with Gasteiger partial charge < -0.3 is 27.6 Å². The molecule has 0 saturated carbocycles. The van der Waals surface area contributed by atoms with Crippen LogP contribution >= 0.6 is 7.26 Å². The van der Waals surface area contributed by atoms with Crippen LogP contribution in [0, 0.1) is 27.7 Å². The van der Waals surface area contributed by atoms with Gasteiger partial charge in [0.2, 0.25) is 0 Å². The normalized spacial score (nSPS) is 10.4. The van der Waals surface area contributed by atoms with Crippen molar-refractivity contribution in [2.75, 3.05) is 17.3 Å². The second-order valence-corrected chi connectivity index (χ2v) is 19.9. The molecule has 9 aromatic rings. The molecule has 2 N–H and O–H groups in total. The number of amides is 2. The zero-order valence-electron chi connectivity index (χ0n) is 40.0. The molecule has 0 aliphatic carbocycles. The Morgan fingerprint density at radius 3 is 1.25 bits per heavy atom. The van der Waals surface area contributed by atoms with Gasteiger partial charge in [-0.15, -0.1) is 0 Å². The second-order valence-electron chi connectivity index (χ2n) is 16.4. The van der Waals surface area contributed by atoms with Crippen molar-refractivity contribution >= 4 is 59.0 Å². The Hall–Kier alpha value is -8.18. The number of halogens is 1. The van der Waals surface area contributed by atoms with E-state index in [1.807, 2.05) is 58.0 Å². The van der Waals surface area contributed by atoms with Crippen LogP contribution in [0.3, 0.4) is 0 Å². The highest BCUT2D eigenvalue weighted by Crippen LogP contribution is 2.51. The number of carbonyl (C=O) groups is 3. The Labute approximate surface area is 425 Å². The minimum atomic E-state index is -1.53. The van der Waals surface area contributed by atoms with E-state index in [0.29, 0.717) is 39.6 Å². The van der Waals surface area contributed by atoms with Crippen molar-refractivity contribution in [3.63, 3.8) is 0 Å². The molecule has 0 aliphatic rings. The molecule has 0 atom stereocenters. The lowest BCUT2D eigenvalue weighted by atomic mass is 10.0. The van der Waals surface area contributed by atoms with Crippen molar-refractivity contribution in [2.45, 2.75) is 27.7 Å². The summed E-state index contributed by atoms with van der Waals surface area (Å²) >= 11 is 0. The minimum Gasteiger partial charge on any atom is -1.00 e. The molecule has 0 saturated heterocycles. The Morgan fingerprint density at radius 1 is 0.507 bits per heavy atom. The first kappa shape index (κ1) is 52.2. The molecule has 5 aromatic carbocycles. The van der Waals surface area contributed by atoms with Gasteiger partial charge in [0.1, 0.15) is 23.2 Å². The number of anilines is 2. The van der Waals surface area contributed by atoms with E-state index in [2.05, 4.69) is 145 Å². The number of rotatable bonds is 11. The van der Waals surface area contributed by atoms with Crippen LogP contribution < -0.4 is 43.5 Å². The number of aromatic nitrogens is 6. The van der Waals surface area contributed by atoms with Crippen LogP contribution in [0.1, 0.15) is 58.9 Å². The molecule has 11 nitrogen and oxygen atoms in total. The summed E-state index contributed by atoms with van der Waals surface area (Å²) in [6, 6.07) is 47.8. The Balaban J connectivity index is 0.000000174. The lowest BCUT2D eigenvalue weighted by molar-refractivity contribution is -0.0000356. The zero-order valence-corrected chi connectivity index (χ0v) is 42.5. The molecule has 2 amide bonds. The third kappa shape index (κ3) is 13.1. The average Bonchev–Trinajstić information content (AvgIpc) is 3.40. The molecule has 0 bridgehead atoms. The molecule has 71 heavy (non-hydrogen) atoms. The fourth-order valence-corrected chi connectivity index (χ4v) is 10.7. The van der Waals surface area contributed by atoms with E-state index in [0.717, 1.165) is 45.4 Å². The highest BCUT2D eigenvalue weighted by molar-refractivity contribution is 7.95. The lowest BCUT2D eigenvalue weighted by Gasteiger charge is -2.22. The molecular weight excluding hydrogens is 968 g/mol. The van der Waals surface area contributed by atoms with E-state index in [9.17, 15) is 14.4 Å². The molecule has 13 heteroatoms. The number of carbonyl (C=O) groups excluding carboxylic acids is 3. The highest BCUT2D eigenvalue weighted by Gasteiger charge is 2.39. The second kappa shape index (κ2) is 24.9. The summed E-state index contributed by atoms with van der Waals surface area (Å²) in [6.45, 7) is 13.9. The summed E-state index contributed by atoms with van der Waals surface area (Å²) in [5, 5.41) is 9.73. The number of aryl methyl sites for hydroxylation is 4. The molecule has 0 unspecified atom stereocenters. The topological polar surface area (TPSA) is 153 Å². The van der Waals surface area contributed by atoms with Gasteiger partial charge >= 0.3 is 0 Å². The minimum absolute atomic E-state index is 0. The largest absolute Gasteiger partial charge is 1.00 e. The van der Waals surface area contributed by atoms with Crippen LogP contribution in [0.2, 0.25) is 0 Å². The number of hydrogen-bond acceptors (Lipinski definition) is 9. The van der Waals surface area contributed by atoms with Gasteiger partial charge in [0.15, 0.2) is 17.9 Å². The predicted molar refractivity (Wildman–Crippen MR) is 285 cm³/mol. The number of pyridine rings is 2. The van der Waals surface area contributed by atoms with Gasteiger partial charge in [-0.25, -0.2) is 9.97 Å². The van der Waals surface area contributed by atoms with E-state index >= 15 is 0 Å². The zero-order chi connectivity index (χ0) is 49.5. The quantitative estimate of drug-likeness (QED) is 0.0974. The van der Waals surface area contributed by atoms with Crippen molar-refractivity contribution in [1.82, 2.24) is 29.9 Å². The molecule has 354 valence electrons. The summed E-state index contributed by atoms with van der Waals surface area (Å²) in [5.41, 5.74) is 9.34. The SMILES string of the molecule is C=Cc1ccc(C)cc1-c1cnc(NC(=O)c2cnccc2C)cn1.C[P+](c1ccccc1)(c1ccccc1)c1ccccc1.Cc1ccc(C=O)c(-c2cnc(NC(=O)c3cnccc3C)cn2)c1.[Br-]. The third-order valence-electron chi connectivity index (χ3n) is 11.5. The average molecular weight is 1020 g/mol. The van der Waals surface area contributed by atoms with E-state index in [-0.39, 0.29) is 28.8 Å². The highest BCUT2D eigenvalue weighted by atomic mass is 79.9. The molecular formula is C58H52BrN8O3P. The van der Waals surface area contributed by atoms with E-state index in [4.69, 9.17) is 0 Å². The van der Waals surface area contributed by atoms with Gasteiger partial charge in [-0.1, -0.05) is 103 Å². The molecule has 4 aromatic heterocycles. The summed E-state index contributed by atoms with van der Waals surface area (Å²) in [4.78, 5) is 61.0. The summed E-state index contributed by atoms with van der Waals surface area (Å²) < 4.78 is 0. The standard InChI is InChI=1S/C20H18N4O.C19H16N4O2.C19H18P.BrH/c1-4-15-6-5-13(2)9-16(15)18-11-23-19(12-22-18)24-20(25)17-10-21-8-7-14(17)3;1-12-3-4-14(11-24)15(7-12)17-9-22-18(10-21-17)23-19(25)16-8-20-6-5-13(16)2;1-20(17-11-5-2-6-12-17,18-13-7-3-8-14-18)19-15-9-4-10-16-19;/h4-12H,1H2,2-3H3,(H,23,24,25);3-11H,1-2H3,(H,22,23,25);2-16H,1H3;1H/q;;+1;/p-1. The van der Waals surface area contributed by atoms with Crippen molar-refractivity contribution in [3.8, 4) is 22.5 Å². The van der Waals surface area contributed by atoms with Crippen LogP contribution in [-0.4, -0.2) is 54.7 Å². The number of nitrogens with one attached hydrogen (secondary N) is 2. The van der Waals surface area contributed by atoms with Crippen molar-refractivity contribution in [1.29, 1.82) is 0 Å². The van der Waals surface area contributed by atoms with Gasteiger partial charge in [-0.3, -0.25) is 34.3 Å². The Bertz CT molecular complexity index is 2980. The molecule has 9 rings (SSSR count). The van der Waals surface area contributed by atoms with Crippen LogP contribution in [-0.2, 0) is 0 Å². The lowest BCUT2D eigenvalue weighted by Crippen LogP contribution is -3.00. The Kier molecular flexibility index (Phi) is 18.3. The van der Waals surface area contributed by atoms with Gasteiger partial charge in [0.25, 0.3) is 11.8 Å². The first-order chi connectivity index (χ1) is 34.0. The van der Waals surface area contributed by atoms with Gasteiger partial charge in [0, 0.05) is 41.5 Å². The smallest absolute Gasteiger partial charge is 0.258 e. The molecule has 0 radical (unpaired) electrons. The molecule has 0 spiro atoms. The first-order valence-corrected chi connectivity index (χ1v) is 24.6. The van der Waals surface area contributed by atoms with Gasteiger partial charge in [-0.2, -0.15) is 0 Å². The number of nitrogens with zero attached hydrogens (tertiary/aromatic N) is 6. The van der Waals surface area contributed by atoms with E-state index in [1.54, 1.807) is 49.1 Å². The monoisotopic (exact) mass is 1020 g/mol.